The number of amides is 1. The molecule has 2 aromatic rings. The summed E-state index contributed by atoms with van der Waals surface area (Å²) in [6.07, 6.45) is 1.78. The van der Waals surface area contributed by atoms with Crippen LogP contribution in [0.4, 0.5) is 0 Å². The highest BCUT2D eigenvalue weighted by Crippen LogP contribution is 2.19. The molecule has 0 heterocycles. The molecule has 6 heteroatoms. The Bertz CT molecular complexity index is 800. The van der Waals surface area contributed by atoms with Crippen LogP contribution in [0.3, 0.4) is 0 Å². The van der Waals surface area contributed by atoms with Gasteiger partial charge in [0, 0.05) is 19.7 Å². The number of benzene rings is 2. The van der Waals surface area contributed by atoms with Gasteiger partial charge in [-0.1, -0.05) is 43.7 Å². The molecule has 0 saturated carbocycles. The minimum absolute atomic E-state index is 0.0658. The fraction of sp³-hybridized carbons (Fsp3) is 0.316. The van der Waals surface area contributed by atoms with E-state index in [-0.39, 0.29) is 16.8 Å². The van der Waals surface area contributed by atoms with E-state index in [1.54, 1.807) is 12.1 Å². The van der Waals surface area contributed by atoms with Crippen molar-refractivity contribution < 1.29 is 13.2 Å². The highest BCUT2D eigenvalue weighted by Gasteiger charge is 2.19. The van der Waals surface area contributed by atoms with Crippen LogP contribution >= 0.6 is 0 Å². The minimum Gasteiger partial charge on any atom is -0.345 e. The van der Waals surface area contributed by atoms with Crippen molar-refractivity contribution in [1.82, 2.24) is 9.62 Å². The van der Waals surface area contributed by atoms with Crippen molar-refractivity contribution in [1.29, 1.82) is 0 Å². The van der Waals surface area contributed by atoms with Crippen LogP contribution < -0.4 is 5.32 Å². The molecular formula is C19H24N2O3S. The number of hydrogen-bond acceptors (Lipinski definition) is 3. The third-order valence-electron chi connectivity index (χ3n) is 3.98. The molecule has 1 amide bonds. The highest BCUT2D eigenvalue weighted by molar-refractivity contribution is 7.89. The Morgan fingerprint density at radius 1 is 1.04 bits per heavy atom. The van der Waals surface area contributed by atoms with Gasteiger partial charge in [-0.15, -0.1) is 0 Å². The maximum absolute atomic E-state index is 12.5. The van der Waals surface area contributed by atoms with E-state index in [1.807, 2.05) is 30.3 Å². The van der Waals surface area contributed by atoms with Crippen molar-refractivity contribution in [2.24, 2.45) is 0 Å². The van der Waals surface area contributed by atoms with Gasteiger partial charge in [-0.3, -0.25) is 4.79 Å². The van der Waals surface area contributed by atoms with Crippen LogP contribution in [0.5, 0.6) is 0 Å². The molecule has 134 valence electrons. The van der Waals surface area contributed by atoms with Gasteiger partial charge in [0.1, 0.15) is 0 Å². The quantitative estimate of drug-likeness (QED) is 0.824. The van der Waals surface area contributed by atoms with Crippen LogP contribution in [0, 0.1) is 0 Å². The van der Waals surface area contributed by atoms with Gasteiger partial charge in [0.15, 0.2) is 0 Å². The molecule has 0 bridgehead atoms. The van der Waals surface area contributed by atoms with E-state index in [4.69, 9.17) is 0 Å². The molecule has 0 unspecified atom stereocenters. The summed E-state index contributed by atoms with van der Waals surface area (Å²) in [7, 11) is -0.538. The predicted molar refractivity (Wildman–Crippen MR) is 98.9 cm³/mol. The average Bonchev–Trinajstić information content (AvgIpc) is 2.62. The van der Waals surface area contributed by atoms with E-state index in [2.05, 4.69) is 12.2 Å². The zero-order valence-corrected chi connectivity index (χ0v) is 15.6. The van der Waals surface area contributed by atoms with E-state index in [0.717, 1.165) is 22.7 Å². The molecule has 0 aliphatic heterocycles. The Morgan fingerprint density at radius 3 is 2.16 bits per heavy atom. The molecule has 0 aliphatic rings. The van der Waals surface area contributed by atoms with Gasteiger partial charge >= 0.3 is 0 Å². The first kappa shape index (κ1) is 19.1. The zero-order valence-electron chi connectivity index (χ0n) is 14.8. The molecule has 25 heavy (non-hydrogen) atoms. The third-order valence-corrected chi connectivity index (χ3v) is 5.81. The van der Waals surface area contributed by atoms with Crippen LogP contribution in [-0.4, -0.2) is 32.7 Å². The van der Waals surface area contributed by atoms with Gasteiger partial charge in [-0.25, -0.2) is 12.7 Å². The molecule has 0 aliphatic carbocycles. The summed E-state index contributed by atoms with van der Waals surface area (Å²) >= 11 is 0. The molecule has 0 radical (unpaired) electrons. The molecule has 0 fully saturated rings. The van der Waals surface area contributed by atoms with E-state index in [9.17, 15) is 13.2 Å². The van der Waals surface area contributed by atoms with Crippen LogP contribution in [0.2, 0.25) is 0 Å². The van der Waals surface area contributed by atoms with Crippen molar-refractivity contribution in [3.63, 3.8) is 0 Å². The molecule has 0 saturated heterocycles. The maximum Gasteiger partial charge on any atom is 0.251 e. The molecular weight excluding hydrogens is 336 g/mol. The maximum atomic E-state index is 12.5. The van der Waals surface area contributed by atoms with Crippen LogP contribution in [-0.2, 0) is 10.0 Å². The Morgan fingerprint density at radius 2 is 1.64 bits per heavy atom. The van der Waals surface area contributed by atoms with Crippen LogP contribution in [0.25, 0.3) is 0 Å². The summed E-state index contributed by atoms with van der Waals surface area (Å²) in [5, 5.41) is 3.03. The SMILES string of the molecule is CCC[C@@H](NC(=O)c1ccc(S(=O)(=O)N(C)C)cc1)c1ccccc1. The number of carbonyl (C=O) groups is 1. The van der Waals surface area contributed by atoms with Crippen molar-refractivity contribution in [2.75, 3.05) is 14.1 Å². The minimum atomic E-state index is -3.49. The third kappa shape index (κ3) is 4.67. The number of sulfonamides is 1. The fourth-order valence-electron chi connectivity index (χ4n) is 2.53. The first-order valence-corrected chi connectivity index (χ1v) is 9.68. The van der Waals surface area contributed by atoms with Crippen molar-refractivity contribution in [3.8, 4) is 0 Å². The van der Waals surface area contributed by atoms with Crippen LogP contribution in [0.1, 0.15) is 41.7 Å². The molecule has 2 aromatic carbocycles. The Kier molecular flexibility index (Phi) is 6.33. The number of nitrogens with zero attached hydrogens (tertiary/aromatic N) is 1. The van der Waals surface area contributed by atoms with Gasteiger partial charge in [0.25, 0.3) is 5.91 Å². The topological polar surface area (TPSA) is 66.5 Å². The lowest BCUT2D eigenvalue weighted by Crippen LogP contribution is -2.28. The lowest BCUT2D eigenvalue weighted by molar-refractivity contribution is 0.0934. The Balaban J connectivity index is 2.17. The first-order chi connectivity index (χ1) is 11.9. The lowest BCUT2D eigenvalue weighted by Gasteiger charge is -2.19. The number of hydrogen-bond donors (Lipinski definition) is 1. The fourth-order valence-corrected chi connectivity index (χ4v) is 3.43. The van der Waals surface area contributed by atoms with Crippen molar-refractivity contribution in [3.05, 3.63) is 65.7 Å². The molecule has 5 nitrogen and oxygen atoms in total. The lowest BCUT2D eigenvalue weighted by atomic mass is 10.0. The monoisotopic (exact) mass is 360 g/mol. The first-order valence-electron chi connectivity index (χ1n) is 8.24. The Hall–Kier alpha value is -2.18. The molecule has 1 N–H and O–H groups in total. The van der Waals surface area contributed by atoms with Crippen molar-refractivity contribution >= 4 is 15.9 Å². The molecule has 0 spiro atoms. The number of carbonyl (C=O) groups excluding carboxylic acids is 1. The molecule has 2 rings (SSSR count). The molecule has 1 atom stereocenters. The normalized spacial score (nSPS) is 12.8. The summed E-state index contributed by atoms with van der Waals surface area (Å²) in [6.45, 7) is 2.07. The van der Waals surface area contributed by atoms with Crippen molar-refractivity contribution in [2.45, 2.75) is 30.7 Å². The van der Waals surface area contributed by atoms with Gasteiger partial charge in [0.2, 0.25) is 10.0 Å². The average molecular weight is 360 g/mol. The summed E-state index contributed by atoms with van der Waals surface area (Å²) in [5.74, 6) is -0.212. The largest absolute Gasteiger partial charge is 0.345 e. The van der Waals surface area contributed by atoms with E-state index < -0.39 is 10.0 Å². The van der Waals surface area contributed by atoms with E-state index in [1.165, 1.54) is 26.2 Å². The van der Waals surface area contributed by atoms with Gasteiger partial charge < -0.3 is 5.32 Å². The summed E-state index contributed by atoms with van der Waals surface area (Å²) in [6, 6.07) is 15.8. The smallest absolute Gasteiger partial charge is 0.251 e. The van der Waals surface area contributed by atoms with Crippen LogP contribution in [0.15, 0.2) is 59.5 Å². The second-order valence-corrected chi connectivity index (χ2v) is 8.19. The second-order valence-electron chi connectivity index (χ2n) is 6.04. The Labute approximate surface area is 149 Å². The highest BCUT2D eigenvalue weighted by atomic mass is 32.2. The summed E-state index contributed by atoms with van der Waals surface area (Å²) in [4.78, 5) is 12.7. The number of nitrogens with one attached hydrogen (secondary N) is 1. The van der Waals surface area contributed by atoms with E-state index in [0.29, 0.717) is 5.56 Å². The second kappa shape index (κ2) is 8.27. The molecule has 0 aromatic heterocycles. The van der Waals surface area contributed by atoms with Gasteiger partial charge in [-0.05, 0) is 36.2 Å². The predicted octanol–water partition coefficient (Wildman–Crippen LogP) is 3.21. The van der Waals surface area contributed by atoms with E-state index >= 15 is 0 Å². The zero-order chi connectivity index (χ0) is 18.4. The standard InChI is InChI=1S/C19H24N2O3S/c1-4-8-18(15-9-6-5-7-10-15)20-19(22)16-11-13-17(14-12-16)25(23,24)21(2)3/h5-7,9-14,18H,4,8H2,1-3H3,(H,20,22)/t18-/m1/s1. The van der Waals surface area contributed by atoms with Gasteiger partial charge in [-0.2, -0.15) is 0 Å². The summed E-state index contributed by atoms with van der Waals surface area (Å²) < 4.78 is 25.3. The van der Waals surface area contributed by atoms with Gasteiger partial charge in [0.05, 0.1) is 10.9 Å². The number of rotatable bonds is 7. The summed E-state index contributed by atoms with van der Waals surface area (Å²) in [5.41, 5.74) is 1.50.